The Morgan fingerprint density at radius 1 is 0.810 bits per heavy atom. The van der Waals surface area contributed by atoms with E-state index >= 15 is 0 Å². The maximum absolute atomic E-state index is 13.1. The van der Waals surface area contributed by atoms with E-state index in [2.05, 4.69) is 25.8 Å². The molecule has 3 rings (SSSR count). The van der Waals surface area contributed by atoms with Crippen molar-refractivity contribution < 1.29 is 28.2 Å². The lowest BCUT2D eigenvalue weighted by atomic mass is 9.96. The second-order valence-corrected chi connectivity index (χ2v) is 10.6. The van der Waals surface area contributed by atoms with Crippen molar-refractivity contribution in [2.45, 2.75) is 59.3 Å². The maximum Gasteiger partial charge on any atom is 0.344 e. The highest BCUT2D eigenvalue weighted by molar-refractivity contribution is 5.89. The van der Waals surface area contributed by atoms with E-state index in [0.29, 0.717) is 59.8 Å². The fraction of sp³-hybridized carbons (Fsp3) is 0.343. The van der Waals surface area contributed by atoms with E-state index in [1.807, 2.05) is 19.1 Å². The zero-order chi connectivity index (χ0) is 30.6. The molecule has 0 amide bonds. The molecule has 222 valence electrons. The summed E-state index contributed by atoms with van der Waals surface area (Å²) in [4.78, 5) is 36.5. The molecule has 2 aromatic carbocycles. The summed E-state index contributed by atoms with van der Waals surface area (Å²) in [5, 5.41) is 0.879. The molecule has 0 radical (unpaired) electrons. The molecule has 7 heteroatoms. The van der Waals surface area contributed by atoms with E-state index in [1.54, 1.807) is 38.1 Å². The molecule has 0 aliphatic rings. The highest BCUT2D eigenvalue weighted by Crippen LogP contribution is 2.28. The molecule has 0 saturated heterocycles. The molecule has 1 aromatic heterocycles. The van der Waals surface area contributed by atoms with Crippen LogP contribution in [0.25, 0.3) is 22.1 Å². The fourth-order valence-corrected chi connectivity index (χ4v) is 4.29. The summed E-state index contributed by atoms with van der Waals surface area (Å²) in [7, 11) is 0. The van der Waals surface area contributed by atoms with Crippen molar-refractivity contribution in [1.82, 2.24) is 0 Å². The number of esters is 2. The van der Waals surface area contributed by atoms with Gasteiger partial charge in [-0.25, -0.2) is 14.4 Å². The van der Waals surface area contributed by atoms with Gasteiger partial charge in [0.05, 0.1) is 18.8 Å². The Morgan fingerprint density at radius 3 is 2.14 bits per heavy atom. The summed E-state index contributed by atoms with van der Waals surface area (Å²) in [6.45, 7) is 17.7. The summed E-state index contributed by atoms with van der Waals surface area (Å²) in [5.41, 5.74) is 5.01. The Hall–Kier alpha value is -4.23. The molecular formula is C35H40O7. The predicted octanol–water partition coefficient (Wildman–Crippen LogP) is 7.30. The number of carbonyl (C=O) groups excluding carboxylic acids is 2. The number of fused-ring (bicyclic) bond motifs is 1. The summed E-state index contributed by atoms with van der Waals surface area (Å²) in [5.74, 6) is -0.521. The van der Waals surface area contributed by atoms with Crippen LogP contribution in [0, 0.1) is 0 Å². The van der Waals surface area contributed by atoms with E-state index in [0.717, 1.165) is 54.2 Å². The minimum Gasteiger partial charge on any atom is -0.462 e. The molecule has 0 saturated carbocycles. The van der Waals surface area contributed by atoms with Gasteiger partial charge in [-0.1, -0.05) is 43.5 Å². The average molecular weight is 573 g/mol. The normalized spacial score (nSPS) is 10.8. The summed E-state index contributed by atoms with van der Waals surface area (Å²) >= 11 is 0. The molecule has 0 bridgehead atoms. The summed E-state index contributed by atoms with van der Waals surface area (Å²) in [6, 6.07) is 12.7. The van der Waals surface area contributed by atoms with E-state index in [-0.39, 0.29) is 5.97 Å². The van der Waals surface area contributed by atoms with Crippen LogP contribution in [0.15, 0.2) is 88.1 Å². The molecule has 0 N–H and O–H groups in total. The van der Waals surface area contributed by atoms with Crippen LogP contribution in [-0.2, 0) is 31.9 Å². The Balaban J connectivity index is 1.82. The summed E-state index contributed by atoms with van der Waals surface area (Å²) in [6.07, 6.45) is 4.87. The first-order valence-corrected chi connectivity index (χ1v) is 14.2. The number of hydrogen-bond acceptors (Lipinski definition) is 7. The molecule has 1 heterocycles. The minimum absolute atomic E-state index is 0.301. The lowest BCUT2D eigenvalue weighted by molar-refractivity contribution is -0.139. The number of unbranched alkanes of at least 4 members (excludes halogenated alkanes) is 2. The van der Waals surface area contributed by atoms with Gasteiger partial charge in [-0.2, -0.15) is 0 Å². The first-order chi connectivity index (χ1) is 20.0. The molecule has 0 unspecified atom stereocenters. The SMILES string of the molecule is C=C(C)COCCCCc1cc(CCCCOC(=O)C(=C)C)cc2oc(=O)c(-c3ccc(OC(=O)C(=C)C)cc3)cc12. The third kappa shape index (κ3) is 9.70. The highest BCUT2D eigenvalue weighted by atomic mass is 16.5. The lowest BCUT2D eigenvalue weighted by Crippen LogP contribution is -2.08. The van der Waals surface area contributed by atoms with E-state index in [4.69, 9.17) is 18.6 Å². The lowest BCUT2D eigenvalue weighted by Gasteiger charge is -2.12. The van der Waals surface area contributed by atoms with Gasteiger partial charge in [0.1, 0.15) is 11.3 Å². The Bertz CT molecular complexity index is 1510. The van der Waals surface area contributed by atoms with Crippen molar-refractivity contribution in [3.63, 3.8) is 0 Å². The zero-order valence-corrected chi connectivity index (χ0v) is 24.9. The van der Waals surface area contributed by atoms with Crippen LogP contribution in [0.4, 0.5) is 0 Å². The van der Waals surface area contributed by atoms with Crippen molar-refractivity contribution in [2.24, 2.45) is 0 Å². The molecule has 7 nitrogen and oxygen atoms in total. The van der Waals surface area contributed by atoms with Crippen molar-refractivity contribution in [3.05, 3.63) is 100 Å². The molecule has 0 aliphatic heterocycles. The molecule has 3 aromatic rings. The molecule has 0 fully saturated rings. The van der Waals surface area contributed by atoms with Gasteiger partial charge in [-0.15, -0.1) is 0 Å². The summed E-state index contributed by atoms with van der Waals surface area (Å²) < 4.78 is 22.0. The van der Waals surface area contributed by atoms with Gasteiger partial charge >= 0.3 is 17.6 Å². The second-order valence-electron chi connectivity index (χ2n) is 10.6. The standard InChI is InChI=1S/C35H40O7/c1-23(2)22-39-17-9-8-12-28-19-26(11-7-10-18-40-33(36)24(3)4)20-32-30(28)21-31(35(38)42-32)27-13-15-29(16-14-27)41-34(37)25(5)6/h13-16,19-21H,1,3,5,7-12,17-18,22H2,2,4,6H3. The molecule has 0 spiro atoms. The molecular weight excluding hydrogens is 532 g/mol. The van der Waals surface area contributed by atoms with Gasteiger partial charge in [-0.05, 0) is 100 Å². The van der Waals surface area contributed by atoms with Gasteiger partial charge < -0.3 is 18.6 Å². The van der Waals surface area contributed by atoms with Gasteiger partial charge in [0.25, 0.3) is 0 Å². The number of aryl methyl sites for hydroxylation is 2. The van der Waals surface area contributed by atoms with Crippen LogP contribution in [-0.4, -0.2) is 31.8 Å². The van der Waals surface area contributed by atoms with Gasteiger partial charge in [0.15, 0.2) is 0 Å². The number of carbonyl (C=O) groups is 2. The first kappa shape index (κ1) is 32.3. The predicted molar refractivity (Wildman–Crippen MR) is 166 cm³/mol. The fourth-order valence-electron chi connectivity index (χ4n) is 4.29. The van der Waals surface area contributed by atoms with Crippen molar-refractivity contribution in [1.29, 1.82) is 0 Å². The zero-order valence-electron chi connectivity index (χ0n) is 24.9. The largest absolute Gasteiger partial charge is 0.462 e. The van der Waals surface area contributed by atoms with Crippen LogP contribution < -0.4 is 10.4 Å². The van der Waals surface area contributed by atoms with Gasteiger partial charge in [0.2, 0.25) is 0 Å². The Kier molecular flexibility index (Phi) is 12.1. The van der Waals surface area contributed by atoms with Crippen LogP contribution in [0.1, 0.15) is 57.6 Å². The molecule has 42 heavy (non-hydrogen) atoms. The Morgan fingerprint density at radius 2 is 1.48 bits per heavy atom. The highest BCUT2D eigenvalue weighted by Gasteiger charge is 2.14. The van der Waals surface area contributed by atoms with Crippen LogP contribution in [0.5, 0.6) is 5.75 Å². The maximum atomic E-state index is 13.1. The van der Waals surface area contributed by atoms with Crippen molar-refractivity contribution in [3.8, 4) is 16.9 Å². The number of hydrogen-bond donors (Lipinski definition) is 0. The quantitative estimate of drug-likeness (QED) is 0.0444. The third-order valence-electron chi connectivity index (χ3n) is 6.50. The number of ether oxygens (including phenoxy) is 3. The van der Waals surface area contributed by atoms with E-state index in [1.165, 1.54) is 0 Å². The van der Waals surface area contributed by atoms with Crippen molar-refractivity contribution >= 4 is 22.9 Å². The minimum atomic E-state index is -0.508. The van der Waals surface area contributed by atoms with Crippen LogP contribution in [0.3, 0.4) is 0 Å². The second kappa shape index (κ2) is 15.7. The van der Waals surface area contributed by atoms with E-state index < -0.39 is 11.6 Å². The number of benzene rings is 2. The average Bonchev–Trinajstić information content (AvgIpc) is 2.94. The van der Waals surface area contributed by atoms with Crippen molar-refractivity contribution in [2.75, 3.05) is 19.8 Å². The molecule has 0 atom stereocenters. The van der Waals surface area contributed by atoms with Gasteiger partial charge in [0, 0.05) is 23.1 Å². The van der Waals surface area contributed by atoms with Crippen LogP contribution >= 0.6 is 0 Å². The van der Waals surface area contributed by atoms with E-state index in [9.17, 15) is 14.4 Å². The third-order valence-corrected chi connectivity index (χ3v) is 6.50. The van der Waals surface area contributed by atoms with Gasteiger partial charge in [-0.3, -0.25) is 0 Å². The smallest absolute Gasteiger partial charge is 0.344 e. The Labute approximate surface area is 247 Å². The first-order valence-electron chi connectivity index (χ1n) is 14.2. The number of rotatable bonds is 16. The molecule has 0 aliphatic carbocycles. The van der Waals surface area contributed by atoms with Crippen LogP contribution in [0.2, 0.25) is 0 Å². The topological polar surface area (TPSA) is 92.0 Å². The monoisotopic (exact) mass is 572 g/mol.